The van der Waals surface area contributed by atoms with Gasteiger partial charge in [-0.15, -0.1) is 0 Å². The summed E-state index contributed by atoms with van der Waals surface area (Å²) in [6.07, 6.45) is 0. The molecule has 0 unspecified atom stereocenters. The average molecular weight is 224 g/mol. The van der Waals surface area contributed by atoms with Crippen LogP contribution in [0.2, 0.25) is 0 Å². The summed E-state index contributed by atoms with van der Waals surface area (Å²) < 4.78 is 10.5. The molecule has 88 valence electrons. The number of hydrogen-bond donors (Lipinski definition) is 1. The maximum atomic E-state index is 11.1. The molecule has 0 radical (unpaired) electrons. The Morgan fingerprint density at radius 1 is 1.25 bits per heavy atom. The minimum atomic E-state index is -0.283. The molecule has 1 aromatic rings. The van der Waals surface area contributed by atoms with Gasteiger partial charge in [0.1, 0.15) is 11.5 Å². The van der Waals surface area contributed by atoms with Crippen LogP contribution in [0.1, 0.15) is 6.92 Å². The number of carbonyl (C=O) groups excluding carboxylic acids is 1. The van der Waals surface area contributed by atoms with Gasteiger partial charge in [0.05, 0.1) is 6.61 Å². The van der Waals surface area contributed by atoms with E-state index in [0.717, 1.165) is 10.8 Å². The van der Waals surface area contributed by atoms with Gasteiger partial charge < -0.3 is 9.47 Å². The summed E-state index contributed by atoms with van der Waals surface area (Å²) in [7, 11) is 1.48. The van der Waals surface area contributed by atoms with Gasteiger partial charge in [-0.1, -0.05) is 0 Å². The predicted octanol–water partition coefficient (Wildman–Crippen LogP) is 0.796. The fraction of sp³-hybridized carbons (Fsp3) is 0.364. The molecule has 0 heterocycles. The van der Waals surface area contributed by atoms with Crippen LogP contribution in [0.3, 0.4) is 0 Å². The molecule has 16 heavy (non-hydrogen) atoms. The van der Waals surface area contributed by atoms with Gasteiger partial charge in [0, 0.05) is 7.05 Å². The molecule has 0 saturated heterocycles. The molecule has 0 aromatic heterocycles. The monoisotopic (exact) mass is 224 g/mol. The molecule has 0 bridgehead atoms. The van der Waals surface area contributed by atoms with Crippen LogP contribution in [0.5, 0.6) is 11.5 Å². The third-order valence-corrected chi connectivity index (χ3v) is 1.89. The normalized spacial score (nSPS) is 9.69. The summed E-state index contributed by atoms with van der Waals surface area (Å²) in [6, 6.07) is 7.06. The van der Waals surface area contributed by atoms with E-state index in [1.54, 1.807) is 24.3 Å². The fourth-order valence-electron chi connectivity index (χ4n) is 1.05. The van der Waals surface area contributed by atoms with Crippen LogP contribution in [0.25, 0.3) is 0 Å². The first-order valence-electron chi connectivity index (χ1n) is 5.00. The first kappa shape index (κ1) is 12.3. The second-order valence-corrected chi connectivity index (χ2v) is 3.20. The zero-order chi connectivity index (χ0) is 12.0. The van der Waals surface area contributed by atoms with Crippen LogP contribution in [0.15, 0.2) is 24.3 Å². The molecule has 0 aliphatic carbocycles. The second kappa shape index (κ2) is 5.97. The highest BCUT2D eigenvalue weighted by molar-refractivity contribution is 5.76. The molecule has 2 N–H and O–H groups in total. The molecule has 0 aliphatic heterocycles. The molecule has 1 amide bonds. The van der Waals surface area contributed by atoms with Gasteiger partial charge in [0.15, 0.2) is 6.61 Å². The summed E-state index contributed by atoms with van der Waals surface area (Å²) in [5.74, 6) is 6.35. The van der Waals surface area contributed by atoms with Gasteiger partial charge >= 0.3 is 0 Å². The zero-order valence-electron chi connectivity index (χ0n) is 9.47. The Kier molecular flexibility index (Phi) is 4.60. The van der Waals surface area contributed by atoms with Crippen molar-refractivity contribution in [3.8, 4) is 11.5 Å². The van der Waals surface area contributed by atoms with E-state index in [9.17, 15) is 4.79 Å². The van der Waals surface area contributed by atoms with Crippen LogP contribution >= 0.6 is 0 Å². The molecule has 1 rings (SSSR count). The Morgan fingerprint density at radius 2 is 1.75 bits per heavy atom. The number of rotatable bonds is 5. The summed E-state index contributed by atoms with van der Waals surface area (Å²) >= 11 is 0. The molecule has 0 spiro atoms. The second-order valence-electron chi connectivity index (χ2n) is 3.20. The lowest BCUT2D eigenvalue weighted by Gasteiger charge is -2.11. The van der Waals surface area contributed by atoms with Gasteiger partial charge in [-0.25, -0.2) is 5.84 Å². The van der Waals surface area contributed by atoms with Crippen LogP contribution < -0.4 is 15.3 Å². The van der Waals surface area contributed by atoms with Gasteiger partial charge in [0.2, 0.25) is 0 Å². The van der Waals surface area contributed by atoms with E-state index in [1.807, 2.05) is 6.92 Å². The highest BCUT2D eigenvalue weighted by Gasteiger charge is 2.05. The van der Waals surface area contributed by atoms with E-state index >= 15 is 0 Å². The minimum Gasteiger partial charge on any atom is -0.494 e. The Hall–Kier alpha value is -1.75. The van der Waals surface area contributed by atoms with Crippen molar-refractivity contribution in [2.75, 3.05) is 20.3 Å². The third-order valence-electron chi connectivity index (χ3n) is 1.89. The Bertz CT molecular complexity index is 336. The van der Waals surface area contributed by atoms with E-state index in [0.29, 0.717) is 12.4 Å². The average Bonchev–Trinajstić information content (AvgIpc) is 2.28. The number of nitrogens with zero attached hydrogens (tertiary/aromatic N) is 1. The molecular weight excluding hydrogens is 208 g/mol. The largest absolute Gasteiger partial charge is 0.494 e. The Balaban J connectivity index is 2.46. The third kappa shape index (κ3) is 3.78. The number of amides is 1. The van der Waals surface area contributed by atoms with Crippen molar-refractivity contribution in [2.24, 2.45) is 5.84 Å². The van der Waals surface area contributed by atoms with Crippen molar-refractivity contribution >= 4 is 5.91 Å². The molecule has 0 atom stereocenters. The summed E-state index contributed by atoms with van der Waals surface area (Å²) in [5.41, 5.74) is 0. The van der Waals surface area contributed by atoms with E-state index in [2.05, 4.69) is 0 Å². The van der Waals surface area contributed by atoms with Crippen molar-refractivity contribution in [3.05, 3.63) is 24.3 Å². The number of hydrazine groups is 1. The fourth-order valence-corrected chi connectivity index (χ4v) is 1.05. The van der Waals surface area contributed by atoms with Crippen LogP contribution in [0.4, 0.5) is 0 Å². The smallest absolute Gasteiger partial charge is 0.274 e. The molecule has 1 aromatic carbocycles. The van der Waals surface area contributed by atoms with Crippen molar-refractivity contribution < 1.29 is 14.3 Å². The maximum absolute atomic E-state index is 11.1. The van der Waals surface area contributed by atoms with E-state index in [4.69, 9.17) is 15.3 Å². The lowest BCUT2D eigenvalue weighted by atomic mass is 10.3. The maximum Gasteiger partial charge on any atom is 0.274 e. The zero-order valence-corrected chi connectivity index (χ0v) is 9.47. The van der Waals surface area contributed by atoms with Crippen LogP contribution in [-0.4, -0.2) is 31.2 Å². The van der Waals surface area contributed by atoms with Gasteiger partial charge in [-0.05, 0) is 31.2 Å². The Morgan fingerprint density at radius 3 is 2.19 bits per heavy atom. The lowest BCUT2D eigenvalue weighted by molar-refractivity contribution is -0.132. The summed E-state index contributed by atoms with van der Waals surface area (Å²) in [5, 5.41) is 0.995. The van der Waals surface area contributed by atoms with Crippen molar-refractivity contribution in [2.45, 2.75) is 6.92 Å². The molecule has 0 aliphatic rings. The molecule has 0 saturated carbocycles. The number of benzene rings is 1. The molecule has 5 heteroatoms. The Labute approximate surface area is 94.7 Å². The summed E-state index contributed by atoms with van der Waals surface area (Å²) in [6.45, 7) is 2.47. The predicted molar refractivity (Wildman–Crippen MR) is 60.1 cm³/mol. The number of ether oxygens (including phenoxy) is 2. The van der Waals surface area contributed by atoms with Crippen molar-refractivity contribution in [1.82, 2.24) is 5.01 Å². The minimum absolute atomic E-state index is 0.0685. The van der Waals surface area contributed by atoms with E-state index < -0.39 is 0 Å². The van der Waals surface area contributed by atoms with Gasteiger partial charge in [-0.3, -0.25) is 9.80 Å². The van der Waals surface area contributed by atoms with Crippen molar-refractivity contribution in [1.29, 1.82) is 0 Å². The molecule has 0 fully saturated rings. The van der Waals surface area contributed by atoms with Crippen LogP contribution in [0, 0.1) is 0 Å². The van der Waals surface area contributed by atoms with Gasteiger partial charge in [-0.2, -0.15) is 0 Å². The first-order chi connectivity index (χ1) is 7.63. The number of likely N-dealkylation sites (N-methyl/N-ethyl adjacent to an activating group) is 1. The summed E-state index contributed by atoms with van der Waals surface area (Å²) in [4.78, 5) is 11.1. The molecule has 5 nitrogen and oxygen atoms in total. The highest BCUT2D eigenvalue weighted by atomic mass is 16.5. The van der Waals surface area contributed by atoms with E-state index in [1.165, 1.54) is 7.05 Å². The lowest BCUT2D eigenvalue weighted by Crippen LogP contribution is -2.36. The standard InChI is InChI=1S/C11H16N2O3/c1-3-15-9-4-6-10(7-5-9)16-8-11(14)13(2)12/h4-7H,3,8,12H2,1-2H3. The highest BCUT2D eigenvalue weighted by Crippen LogP contribution is 2.17. The van der Waals surface area contributed by atoms with E-state index in [-0.39, 0.29) is 12.5 Å². The van der Waals surface area contributed by atoms with Crippen LogP contribution in [-0.2, 0) is 4.79 Å². The number of hydrogen-bond acceptors (Lipinski definition) is 4. The topological polar surface area (TPSA) is 64.8 Å². The van der Waals surface area contributed by atoms with Crippen molar-refractivity contribution in [3.63, 3.8) is 0 Å². The number of carbonyl (C=O) groups is 1. The number of nitrogens with two attached hydrogens (primary N) is 1. The quantitative estimate of drug-likeness (QED) is 0.456. The van der Waals surface area contributed by atoms with Gasteiger partial charge in [0.25, 0.3) is 5.91 Å². The molecular formula is C11H16N2O3. The SMILES string of the molecule is CCOc1ccc(OCC(=O)N(C)N)cc1. The first-order valence-corrected chi connectivity index (χ1v) is 5.00.